The van der Waals surface area contributed by atoms with Gasteiger partial charge in [0.1, 0.15) is 6.04 Å². The molecule has 1 nitrogen and oxygen atoms in total. The molecule has 4 rings (SSSR count). The molecule has 1 aliphatic rings. The number of halogens is 3. The summed E-state index contributed by atoms with van der Waals surface area (Å²) in [5, 5.41) is 0. The van der Waals surface area contributed by atoms with Crippen LogP contribution in [0.2, 0.25) is 0 Å². The Kier molecular flexibility index (Phi) is 4.19. The van der Waals surface area contributed by atoms with Gasteiger partial charge >= 0.3 is 6.18 Å². The van der Waals surface area contributed by atoms with Gasteiger partial charge in [-0.3, -0.25) is 0 Å². The largest absolute Gasteiger partial charge is 0.409 e. The number of hydrogen-bond donors (Lipinski definition) is 0. The topological polar surface area (TPSA) is 3.24 Å². The molecule has 26 heavy (non-hydrogen) atoms. The van der Waals surface area contributed by atoms with Crippen LogP contribution in [0.4, 0.5) is 24.5 Å². The second-order valence-electron chi connectivity index (χ2n) is 6.52. The molecule has 1 heterocycles. The monoisotopic (exact) mass is 353 g/mol. The summed E-state index contributed by atoms with van der Waals surface area (Å²) in [5.74, 6) is -0.279. The Morgan fingerprint density at radius 3 is 1.96 bits per heavy atom. The van der Waals surface area contributed by atoms with Gasteiger partial charge in [-0.05, 0) is 35.7 Å². The highest BCUT2D eigenvalue weighted by Gasteiger charge is 2.49. The number of alkyl halides is 3. The Hall–Kier alpha value is -2.75. The molecule has 0 radical (unpaired) electrons. The average molecular weight is 353 g/mol. The Morgan fingerprint density at radius 1 is 0.731 bits per heavy atom. The first kappa shape index (κ1) is 16.7. The van der Waals surface area contributed by atoms with Crippen molar-refractivity contribution in [3.63, 3.8) is 0 Å². The Morgan fingerprint density at radius 2 is 1.31 bits per heavy atom. The molecule has 0 bridgehead atoms. The first-order valence-electron chi connectivity index (χ1n) is 8.60. The van der Waals surface area contributed by atoms with Gasteiger partial charge in [0.25, 0.3) is 0 Å². The molecule has 0 fully saturated rings. The number of fused-ring (bicyclic) bond motifs is 1. The summed E-state index contributed by atoms with van der Waals surface area (Å²) in [6.45, 7) is 0. The minimum absolute atomic E-state index is 0.000574. The van der Waals surface area contributed by atoms with Crippen LogP contribution in [0.3, 0.4) is 0 Å². The van der Waals surface area contributed by atoms with Crippen molar-refractivity contribution < 1.29 is 13.2 Å². The van der Waals surface area contributed by atoms with E-state index in [4.69, 9.17) is 0 Å². The predicted octanol–water partition coefficient (Wildman–Crippen LogP) is 6.29. The van der Waals surface area contributed by atoms with Crippen LogP contribution in [-0.2, 0) is 0 Å². The maximum atomic E-state index is 14.0. The molecule has 0 aromatic heterocycles. The summed E-state index contributed by atoms with van der Waals surface area (Å²) in [6, 6.07) is 24.1. The standard InChI is InChI=1S/C22H18F3N/c23-22(24,25)21-15-19(16-9-3-1-4-10-16)18-13-7-8-14-20(18)26(21)17-11-5-2-6-12-17/h1-14,19,21H,15H2/t19-,21-/m1/s1. The lowest BCUT2D eigenvalue weighted by atomic mass is 9.80. The number of nitrogens with zero attached hydrogens (tertiary/aromatic N) is 1. The zero-order valence-electron chi connectivity index (χ0n) is 14.0. The molecule has 4 heteroatoms. The summed E-state index contributed by atoms with van der Waals surface area (Å²) >= 11 is 0. The van der Waals surface area contributed by atoms with Crippen molar-refractivity contribution in [3.05, 3.63) is 96.1 Å². The number of hydrogen-bond acceptors (Lipinski definition) is 1. The van der Waals surface area contributed by atoms with E-state index in [9.17, 15) is 13.2 Å². The van der Waals surface area contributed by atoms with E-state index >= 15 is 0 Å². The second kappa shape index (κ2) is 6.52. The van der Waals surface area contributed by atoms with Gasteiger partial charge in [0, 0.05) is 17.3 Å². The number of para-hydroxylation sites is 2. The fraction of sp³-hybridized carbons (Fsp3) is 0.182. The highest BCUT2D eigenvalue weighted by atomic mass is 19.4. The minimum Gasteiger partial charge on any atom is -0.329 e. The third kappa shape index (κ3) is 2.96. The molecule has 0 saturated carbocycles. The lowest BCUT2D eigenvalue weighted by Gasteiger charge is -2.43. The summed E-state index contributed by atoms with van der Waals surface area (Å²) in [7, 11) is 0. The molecule has 0 N–H and O–H groups in total. The SMILES string of the molecule is FC(F)(F)[C@H]1C[C@H](c2ccccc2)c2ccccc2N1c1ccccc1. The molecular formula is C22H18F3N. The Bertz CT molecular complexity index is 875. The van der Waals surface area contributed by atoms with Crippen molar-refractivity contribution >= 4 is 11.4 Å². The van der Waals surface area contributed by atoms with Crippen molar-refractivity contribution in [2.75, 3.05) is 4.90 Å². The van der Waals surface area contributed by atoms with E-state index < -0.39 is 12.2 Å². The summed E-state index contributed by atoms with van der Waals surface area (Å²) in [4.78, 5) is 1.44. The minimum atomic E-state index is -4.32. The van der Waals surface area contributed by atoms with Crippen LogP contribution in [0.5, 0.6) is 0 Å². The van der Waals surface area contributed by atoms with Crippen LogP contribution in [0.1, 0.15) is 23.5 Å². The molecule has 0 aliphatic carbocycles. The third-order valence-corrected chi connectivity index (χ3v) is 4.96. The molecule has 132 valence electrons. The normalized spacial score (nSPS) is 19.9. The first-order valence-corrected chi connectivity index (χ1v) is 8.60. The maximum Gasteiger partial charge on any atom is 0.409 e. The summed E-state index contributed by atoms with van der Waals surface area (Å²) < 4.78 is 42.1. The molecule has 3 aromatic carbocycles. The van der Waals surface area contributed by atoms with Crippen molar-refractivity contribution in [3.8, 4) is 0 Å². The quantitative estimate of drug-likeness (QED) is 0.523. The fourth-order valence-corrected chi connectivity index (χ4v) is 3.81. The van der Waals surface area contributed by atoms with Gasteiger partial charge in [0.2, 0.25) is 0 Å². The van der Waals surface area contributed by atoms with Crippen LogP contribution in [0.15, 0.2) is 84.9 Å². The highest BCUT2D eigenvalue weighted by molar-refractivity contribution is 5.71. The maximum absolute atomic E-state index is 14.0. The zero-order chi connectivity index (χ0) is 18.1. The van der Waals surface area contributed by atoms with Gasteiger partial charge in [-0.25, -0.2) is 0 Å². The van der Waals surface area contributed by atoms with Crippen molar-refractivity contribution in [2.24, 2.45) is 0 Å². The van der Waals surface area contributed by atoms with Crippen LogP contribution < -0.4 is 4.90 Å². The zero-order valence-corrected chi connectivity index (χ0v) is 14.0. The van der Waals surface area contributed by atoms with Crippen molar-refractivity contribution in [2.45, 2.75) is 24.6 Å². The highest BCUT2D eigenvalue weighted by Crippen LogP contribution is 2.49. The molecular weight excluding hydrogens is 335 g/mol. The molecule has 0 saturated heterocycles. The van der Waals surface area contributed by atoms with Gasteiger partial charge in [0.05, 0.1) is 0 Å². The van der Waals surface area contributed by atoms with Crippen LogP contribution in [0, 0.1) is 0 Å². The van der Waals surface area contributed by atoms with E-state index in [2.05, 4.69) is 0 Å². The molecule has 0 spiro atoms. The van der Waals surface area contributed by atoms with E-state index in [0.717, 1.165) is 11.1 Å². The summed E-state index contributed by atoms with van der Waals surface area (Å²) in [5.41, 5.74) is 3.04. The van der Waals surface area contributed by atoms with Crippen molar-refractivity contribution in [1.82, 2.24) is 0 Å². The van der Waals surface area contributed by atoms with Gasteiger partial charge < -0.3 is 4.90 Å². The Balaban J connectivity index is 1.90. The summed E-state index contributed by atoms with van der Waals surface area (Å²) in [6.07, 6.45) is -4.32. The fourth-order valence-electron chi connectivity index (χ4n) is 3.81. The Labute approximate surface area is 150 Å². The van der Waals surface area contributed by atoms with E-state index in [-0.39, 0.29) is 12.3 Å². The smallest absolute Gasteiger partial charge is 0.329 e. The predicted molar refractivity (Wildman–Crippen MR) is 97.8 cm³/mol. The van der Waals surface area contributed by atoms with E-state index in [1.807, 2.05) is 48.5 Å². The van der Waals surface area contributed by atoms with Gasteiger partial charge in [0.15, 0.2) is 0 Å². The van der Waals surface area contributed by atoms with E-state index in [1.165, 1.54) is 4.90 Å². The van der Waals surface area contributed by atoms with E-state index in [1.54, 1.807) is 36.4 Å². The lowest BCUT2D eigenvalue weighted by molar-refractivity contribution is -0.149. The molecule has 2 atom stereocenters. The van der Waals surface area contributed by atoms with Gasteiger partial charge in [-0.2, -0.15) is 13.2 Å². The first-order chi connectivity index (χ1) is 12.6. The third-order valence-electron chi connectivity index (χ3n) is 4.96. The van der Waals surface area contributed by atoms with Crippen LogP contribution in [-0.4, -0.2) is 12.2 Å². The van der Waals surface area contributed by atoms with Crippen molar-refractivity contribution in [1.29, 1.82) is 0 Å². The van der Waals surface area contributed by atoms with Crippen LogP contribution in [0.25, 0.3) is 0 Å². The second-order valence-corrected chi connectivity index (χ2v) is 6.52. The average Bonchev–Trinajstić information content (AvgIpc) is 2.67. The molecule has 0 amide bonds. The molecule has 1 aliphatic heterocycles. The lowest BCUT2D eigenvalue weighted by Crippen LogP contribution is -2.47. The number of benzene rings is 3. The molecule has 3 aromatic rings. The molecule has 0 unspecified atom stereocenters. The van der Waals surface area contributed by atoms with Gasteiger partial charge in [-0.1, -0.05) is 66.7 Å². The van der Waals surface area contributed by atoms with E-state index in [0.29, 0.717) is 11.4 Å². The number of anilines is 2. The number of rotatable bonds is 2. The van der Waals surface area contributed by atoms with Crippen LogP contribution >= 0.6 is 0 Å². The van der Waals surface area contributed by atoms with Gasteiger partial charge in [-0.15, -0.1) is 0 Å².